The Hall–Kier alpha value is -3.21. The Balaban J connectivity index is 2.06. The number of nitrogens with zero attached hydrogens (tertiary/aromatic N) is 1. The summed E-state index contributed by atoms with van der Waals surface area (Å²) in [7, 11) is -0.441. The van der Waals surface area contributed by atoms with Crippen molar-refractivity contribution in [2.75, 3.05) is 20.3 Å². The van der Waals surface area contributed by atoms with Crippen LogP contribution in [0.15, 0.2) is 46.0 Å². The van der Waals surface area contributed by atoms with Crippen LogP contribution in [0, 0.1) is 6.92 Å². The predicted octanol–water partition coefficient (Wildman–Crippen LogP) is 4.66. The van der Waals surface area contributed by atoms with Crippen molar-refractivity contribution in [3.8, 4) is 5.75 Å². The smallest absolute Gasteiger partial charge is 0.330 e. The Morgan fingerprint density at radius 1 is 1.08 bits per heavy atom. The Kier molecular flexibility index (Phi) is 9.01. The van der Waals surface area contributed by atoms with Gasteiger partial charge in [-0.1, -0.05) is 51.1 Å². The van der Waals surface area contributed by atoms with Gasteiger partial charge in [-0.05, 0) is 41.9 Å². The van der Waals surface area contributed by atoms with Gasteiger partial charge >= 0.3 is 11.7 Å². The SMILES string of the molecule is COc1ccc2ccccc2c1C(OC(C)=O)c1c(C)c(=O)[nH]c(=O)n1COCCO[Si](C)(C)C(C)(C)C. The van der Waals surface area contributed by atoms with Crippen LogP contribution in [0.4, 0.5) is 0 Å². The summed E-state index contributed by atoms with van der Waals surface area (Å²) in [6.07, 6.45) is -1.10. The lowest BCUT2D eigenvalue weighted by Crippen LogP contribution is -2.41. The van der Waals surface area contributed by atoms with E-state index in [1.807, 2.05) is 30.3 Å². The van der Waals surface area contributed by atoms with Crippen molar-refractivity contribution in [2.24, 2.45) is 0 Å². The number of methoxy groups -OCH3 is 1. The molecule has 10 heteroatoms. The maximum atomic E-state index is 13.0. The molecule has 2 aromatic carbocycles. The van der Waals surface area contributed by atoms with Crippen LogP contribution >= 0.6 is 0 Å². The molecule has 206 valence electrons. The summed E-state index contributed by atoms with van der Waals surface area (Å²) < 4.78 is 24.8. The molecular weight excluding hydrogens is 504 g/mol. The number of aromatic amines is 1. The van der Waals surface area contributed by atoms with Crippen LogP contribution in [-0.4, -0.2) is 44.2 Å². The lowest BCUT2D eigenvalue weighted by Gasteiger charge is -2.36. The number of carbonyl (C=O) groups excluding carboxylic acids is 1. The van der Waals surface area contributed by atoms with E-state index >= 15 is 0 Å². The molecule has 38 heavy (non-hydrogen) atoms. The van der Waals surface area contributed by atoms with Crippen LogP contribution in [0.1, 0.15) is 50.6 Å². The second-order valence-corrected chi connectivity index (χ2v) is 15.5. The molecule has 1 heterocycles. The first-order valence-corrected chi connectivity index (χ1v) is 15.5. The second kappa shape index (κ2) is 11.7. The summed E-state index contributed by atoms with van der Waals surface area (Å²) in [6.45, 7) is 14.1. The van der Waals surface area contributed by atoms with Crippen LogP contribution in [0.2, 0.25) is 18.1 Å². The predicted molar refractivity (Wildman–Crippen MR) is 149 cm³/mol. The van der Waals surface area contributed by atoms with E-state index in [-0.39, 0.29) is 29.6 Å². The average Bonchev–Trinajstić information content (AvgIpc) is 2.84. The fraction of sp³-hybridized carbons (Fsp3) is 0.464. The molecule has 0 aliphatic carbocycles. The van der Waals surface area contributed by atoms with Gasteiger partial charge in [-0.3, -0.25) is 19.1 Å². The molecule has 1 unspecified atom stereocenters. The molecule has 3 rings (SSSR count). The lowest BCUT2D eigenvalue weighted by molar-refractivity contribution is -0.145. The van der Waals surface area contributed by atoms with E-state index in [1.54, 1.807) is 13.0 Å². The molecule has 0 spiro atoms. The molecule has 0 bridgehead atoms. The normalized spacial score (nSPS) is 12.9. The molecule has 0 saturated heterocycles. The Morgan fingerprint density at radius 3 is 2.39 bits per heavy atom. The number of benzene rings is 2. The zero-order chi connectivity index (χ0) is 28.3. The maximum absolute atomic E-state index is 13.0. The minimum Gasteiger partial charge on any atom is -0.496 e. The van der Waals surface area contributed by atoms with Crippen molar-refractivity contribution in [3.63, 3.8) is 0 Å². The van der Waals surface area contributed by atoms with Gasteiger partial charge in [0.2, 0.25) is 0 Å². The molecule has 0 radical (unpaired) electrons. The van der Waals surface area contributed by atoms with Crippen molar-refractivity contribution in [2.45, 2.75) is 65.6 Å². The van der Waals surface area contributed by atoms with Gasteiger partial charge in [0.05, 0.1) is 26.0 Å². The molecule has 0 amide bonds. The van der Waals surface area contributed by atoms with Crippen molar-refractivity contribution in [1.82, 2.24) is 9.55 Å². The lowest BCUT2D eigenvalue weighted by atomic mass is 9.95. The van der Waals surface area contributed by atoms with E-state index in [1.165, 1.54) is 18.6 Å². The van der Waals surface area contributed by atoms with E-state index in [0.29, 0.717) is 17.9 Å². The molecule has 3 aromatic rings. The second-order valence-electron chi connectivity index (χ2n) is 10.7. The van der Waals surface area contributed by atoms with Crippen molar-refractivity contribution >= 4 is 25.1 Å². The summed E-state index contributed by atoms with van der Waals surface area (Å²) in [6, 6.07) is 11.2. The zero-order valence-corrected chi connectivity index (χ0v) is 24.5. The third-order valence-electron chi connectivity index (χ3n) is 7.14. The topological polar surface area (TPSA) is 109 Å². The fourth-order valence-corrected chi connectivity index (χ4v) is 5.05. The number of hydrogen-bond donors (Lipinski definition) is 1. The number of carbonyl (C=O) groups is 1. The number of H-pyrrole nitrogens is 1. The summed E-state index contributed by atoms with van der Waals surface area (Å²) in [5.41, 5.74) is -0.263. The number of esters is 1. The standard InChI is InChI=1S/C28H38N2O7Si/c1-18-24(25(37-19(2)31)23-21-12-10-9-11-20(21)13-14-22(23)34-6)30(27(33)29-26(18)32)17-35-15-16-36-38(7,8)28(3,4)5/h9-14,25H,15-17H2,1-8H3,(H,29,32,33). The van der Waals surface area contributed by atoms with Crippen LogP contribution in [0.25, 0.3) is 10.8 Å². The van der Waals surface area contributed by atoms with Crippen molar-refractivity contribution in [3.05, 3.63) is 74.1 Å². The summed E-state index contributed by atoms with van der Waals surface area (Å²) in [5, 5.41) is 1.71. The van der Waals surface area contributed by atoms with Crippen LogP contribution < -0.4 is 16.0 Å². The van der Waals surface area contributed by atoms with Gasteiger partial charge in [-0.15, -0.1) is 0 Å². The number of fused-ring (bicyclic) bond motifs is 1. The number of nitrogens with one attached hydrogen (secondary N) is 1. The van der Waals surface area contributed by atoms with Gasteiger partial charge < -0.3 is 18.6 Å². The van der Waals surface area contributed by atoms with Gasteiger partial charge in [-0.25, -0.2) is 4.79 Å². The molecule has 1 aromatic heterocycles. The van der Waals surface area contributed by atoms with Crippen LogP contribution in [0.5, 0.6) is 5.75 Å². The highest BCUT2D eigenvalue weighted by Crippen LogP contribution is 2.39. The van der Waals surface area contributed by atoms with E-state index in [9.17, 15) is 14.4 Å². The molecule has 0 aliphatic heterocycles. The number of hydrogen-bond acceptors (Lipinski definition) is 7. The molecular formula is C28H38N2O7Si. The Morgan fingerprint density at radius 2 is 1.76 bits per heavy atom. The molecule has 1 N–H and O–H groups in total. The fourth-order valence-electron chi connectivity index (χ4n) is 4.02. The first-order valence-electron chi connectivity index (χ1n) is 12.6. The zero-order valence-electron chi connectivity index (χ0n) is 23.5. The minimum atomic E-state index is -1.96. The summed E-state index contributed by atoms with van der Waals surface area (Å²) in [4.78, 5) is 40.4. The van der Waals surface area contributed by atoms with E-state index in [2.05, 4.69) is 38.8 Å². The molecule has 0 aliphatic rings. The average molecular weight is 543 g/mol. The Bertz CT molecular complexity index is 1420. The van der Waals surface area contributed by atoms with Gasteiger partial charge in [0.25, 0.3) is 5.56 Å². The first kappa shape index (κ1) is 29.3. The third kappa shape index (κ3) is 6.25. The highest BCUT2D eigenvalue weighted by Gasteiger charge is 2.37. The van der Waals surface area contributed by atoms with Crippen LogP contribution in [-0.2, 0) is 25.4 Å². The van der Waals surface area contributed by atoms with Crippen molar-refractivity contribution < 1.29 is 23.4 Å². The largest absolute Gasteiger partial charge is 0.496 e. The van der Waals surface area contributed by atoms with Crippen molar-refractivity contribution in [1.29, 1.82) is 0 Å². The minimum absolute atomic E-state index is 0.0574. The summed E-state index contributed by atoms with van der Waals surface area (Å²) in [5.74, 6) is -0.121. The van der Waals surface area contributed by atoms with Gasteiger partial charge in [-0.2, -0.15) is 0 Å². The maximum Gasteiger partial charge on any atom is 0.330 e. The number of ether oxygens (including phenoxy) is 3. The van der Waals surface area contributed by atoms with E-state index in [0.717, 1.165) is 10.8 Å². The molecule has 1 atom stereocenters. The monoisotopic (exact) mass is 542 g/mol. The van der Waals surface area contributed by atoms with Crippen LogP contribution in [0.3, 0.4) is 0 Å². The molecule has 0 saturated carbocycles. The third-order valence-corrected chi connectivity index (χ3v) is 11.7. The number of aromatic nitrogens is 2. The first-order chi connectivity index (χ1) is 17.8. The van der Waals surface area contributed by atoms with Gasteiger partial charge in [0, 0.05) is 18.1 Å². The molecule has 0 fully saturated rings. The highest BCUT2D eigenvalue weighted by molar-refractivity contribution is 6.74. The van der Waals surface area contributed by atoms with Gasteiger partial charge in [0.15, 0.2) is 14.4 Å². The Labute approximate surface area is 223 Å². The number of rotatable bonds is 10. The quantitative estimate of drug-likeness (QED) is 0.226. The van der Waals surface area contributed by atoms with E-state index < -0.39 is 31.6 Å². The highest BCUT2D eigenvalue weighted by atomic mass is 28.4. The van der Waals surface area contributed by atoms with E-state index in [4.69, 9.17) is 18.6 Å². The summed E-state index contributed by atoms with van der Waals surface area (Å²) >= 11 is 0. The molecule has 9 nitrogen and oxygen atoms in total. The van der Waals surface area contributed by atoms with Gasteiger partial charge in [0.1, 0.15) is 12.5 Å².